The molecule has 0 radical (unpaired) electrons. The lowest BCUT2D eigenvalue weighted by molar-refractivity contribution is -0.428. The van der Waals surface area contributed by atoms with E-state index in [1.54, 1.807) is 0 Å². The third-order valence-electron chi connectivity index (χ3n) is 10.1. The summed E-state index contributed by atoms with van der Waals surface area (Å²) in [4.78, 5) is 0. The van der Waals surface area contributed by atoms with Crippen molar-refractivity contribution in [3.63, 3.8) is 0 Å². The van der Waals surface area contributed by atoms with Crippen molar-refractivity contribution in [2.24, 2.45) is 5.41 Å². The van der Waals surface area contributed by atoms with Crippen molar-refractivity contribution < 1.29 is 111 Å². The first-order valence-corrected chi connectivity index (χ1v) is 18.4. The zero-order valence-electron chi connectivity index (χ0n) is 33.0. The zero-order chi connectivity index (χ0) is 49.3. The Bertz CT molecular complexity index is 2050. The second-order valence-electron chi connectivity index (χ2n) is 14.8. The van der Waals surface area contributed by atoms with Gasteiger partial charge in [0, 0.05) is 5.41 Å². The Morgan fingerprint density at radius 3 is 1.03 bits per heavy atom. The molecule has 0 amide bonds. The molecule has 1 saturated heterocycles. The summed E-state index contributed by atoms with van der Waals surface area (Å²) in [5.41, 5.74) is -0.591. The minimum absolute atomic E-state index is 0.00934. The molecule has 1 aliphatic rings. The lowest BCUT2D eigenvalue weighted by Gasteiger charge is -2.42. The molecule has 65 heavy (non-hydrogen) atoms. The van der Waals surface area contributed by atoms with Gasteiger partial charge < -0.3 is 23.7 Å². The number of alkyl halides is 20. The molecular weight excluding hydrogens is 940 g/mol. The van der Waals surface area contributed by atoms with E-state index in [-0.39, 0.29) is 30.8 Å². The molecule has 0 saturated carbocycles. The van der Waals surface area contributed by atoms with Crippen LogP contribution in [0.4, 0.5) is 87.8 Å². The van der Waals surface area contributed by atoms with E-state index in [0.29, 0.717) is 17.7 Å². The van der Waals surface area contributed by atoms with Crippen molar-refractivity contribution in [1.29, 1.82) is 0 Å². The number of benzene rings is 3. The first-order valence-electron chi connectivity index (χ1n) is 18.4. The molecule has 25 heteroatoms. The smallest absolute Gasteiger partial charge is 0.384 e. The van der Waals surface area contributed by atoms with Gasteiger partial charge >= 0.3 is 59.2 Å². The highest BCUT2D eigenvalue weighted by atomic mass is 19.4. The predicted molar refractivity (Wildman–Crippen MR) is 189 cm³/mol. The van der Waals surface area contributed by atoms with Gasteiger partial charge in [-0.15, -0.1) is 0 Å². The van der Waals surface area contributed by atoms with Gasteiger partial charge in [0.05, 0.1) is 19.8 Å². The fourth-order valence-corrected chi connectivity index (χ4v) is 5.56. The summed E-state index contributed by atoms with van der Waals surface area (Å²) in [6.45, 7) is -6.86. The second kappa shape index (κ2) is 18.2. The van der Waals surface area contributed by atoms with E-state index in [1.807, 2.05) is 0 Å². The third kappa shape index (κ3) is 9.90. The van der Waals surface area contributed by atoms with Gasteiger partial charge in [-0.2, -0.15) is 87.8 Å². The molecule has 4 rings (SSSR count). The van der Waals surface area contributed by atoms with E-state index in [1.165, 1.54) is 25.1 Å². The van der Waals surface area contributed by atoms with Crippen LogP contribution in [0.3, 0.4) is 0 Å². The van der Waals surface area contributed by atoms with Gasteiger partial charge in [-0.3, -0.25) is 0 Å². The Morgan fingerprint density at radius 2 is 0.754 bits per heavy atom. The second-order valence-corrected chi connectivity index (χ2v) is 14.8. The molecule has 0 unspecified atom stereocenters. The van der Waals surface area contributed by atoms with Crippen molar-refractivity contribution in [3.05, 3.63) is 84.9 Å². The summed E-state index contributed by atoms with van der Waals surface area (Å²) in [5.74, 6) is -70.7. The van der Waals surface area contributed by atoms with Crippen LogP contribution in [-0.2, 0) is 9.47 Å². The standard InChI is InChI=1S/C40H34F20O5/c1-3-24-5-11-27(12-6-24)63-21-32(43,44)35(49,50)36(51,52)33(45,46)22-64-28-13-7-25(8-14-28)26-9-15-29(16-10-26)65-23-34(47,48)38(55,56)40(59,60)39(57,58)37(53,54)31(41,42)20-62-19-30(4-2)17-61-18-30/h3,5-16H,1,4,17-23H2,2H3. The molecule has 3 aromatic carbocycles. The zero-order valence-corrected chi connectivity index (χ0v) is 33.0. The largest absolute Gasteiger partial charge is 0.487 e. The Kier molecular flexibility index (Phi) is 14.8. The Morgan fingerprint density at radius 1 is 0.462 bits per heavy atom. The van der Waals surface area contributed by atoms with Gasteiger partial charge in [0.25, 0.3) is 0 Å². The maximum absolute atomic E-state index is 14.5. The predicted octanol–water partition coefficient (Wildman–Crippen LogP) is 12.6. The summed E-state index contributed by atoms with van der Waals surface area (Å²) >= 11 is 0. The number of hydrogen-bond donors (Lipinski definition) is 0. The van der Waals surface area contributed by atoms with Crippen LogP contribution in [0.15, 0.2) is 79.4 Å². The lowest BCUT2D eigenvalue weighted by atomic mass is 9.84. The van der Waals surface area contributed by atoms with Crippen molar-refractivity contribution in [3.8, 4) is 28.4 Å². The maximum atomic E-state index is 14.5. The van der Waals surface area contributed by atoms with Crippen molar-refractivity contribution in [2.45, 2.75) is 72.6 Å². The van der Waals surface area contributed by atoms with Crippen LogP contribution >= 0.6 is 0 Å². The molecule has 1 aliphatic heterocycles. The molecule has 0 atom stereocenters. The lowest BCUT2D eigenvalue weighted by Crippen LogP contribution is -2.71. The van der Waals surface area contributed by atoms with Gasteiger partial charge in [0.2, 0.25) is 0 Å². The monoisotopic (exact) mass is 974 g/mol. The molecule has 364 valence electrons. The van der Waals surface area contributed by atoms with Crippen LogP contribution in [0.25, 0.3) is 17.2 Å². The van der Waals surface area contributed by atoms with Crippen LogP contribution in [0.5, 0.6) is 17.2 Å². The first kappa shape index (κ1) is 52.9. The van der Waals surface area contributed by atoms with Gasteiger partial charge in [-0.1, -0.05) is 56.0 Å². The topological polar surface area (TPSA) is 46.2 Å². The fourth-order valence-electron chi connectivity index (χ4n) is 5.56. The van der Waals surface area contributed by atoms with Gasteiger partial charge in [-0.05, 0) is 59.5 Å². The molecule has 0 bridgehead atoms. The van der Waals surface area contributed by atoms with E-state index in [9.17, 15) is 87.8 Å². The van der Waals surface area contributed by atoms with E-state index >= 15 is 0 Å². The molecule has 0 aromatic heterocycles. The average Bonchev–Trinajstić information content (AvgIpc) is 3.22. The van der Waals surface area contributed by atoms with Gasteiger partial charge in [0.1, 0.15) is 23.9 Å². The minimum Gasteiger partial charge on any atom is -0.487 e. The number of ether oxygens (including phenoxy) is 5. The van der Waals surface area contributed by atoms with Gasteiger partial charge in [0.15, 0.2) is 19.8 Å². The summed E-state index contributed by atoms with van der Waals surface area (Å²) in [7, 11) is 0. The summed E-state index contributed by atoms with van der Waals surface area (Å²) in [5, 5.41) is 0. The maximum Gasteiger partial charge on any atom is 0.384 e. The SMILES string of the molecule is C=Cc1ccc(OCC(F)(F)C(F)(F)C(F)(F)C(F)(F)COc2ccc(-c3ccc(OCC(F)(F)C(F)(F)C(F)(F)C(F)(F)C(F)(F)C(F)(F)COCC4(CC)COC4)cc3)cc2)cc1. The van der Waals surface area contributed by atoms with E-state index in [4.69, 9.17) is 4.74 Å². The summed E-state index contributed by atoms with van der Waals surface area (Å²) in [6.07, 6.45) is 1.45. The molecular formula is C40H34F20O5. The van der Waals surface area contributed by atoms with Gasteiger partial charge in [-0.25, -0.2) is 0 Å². The summed E-state index contributed by atoms with van der Waals surface area (Å²) < 4.78 is 310. The molecule has 3 aromatic rings. The first-order chi connectivity index (χ1) is 29.6. The molecule has 1 heterocycles. The quantitative estimate of drug-likeness (QED) is 0.0837. The Balaban J connectivity index is 1.37. The fraction of sp³-hybridized carbons (Fsp3) is 0.500. The van der Waals surface area contributed by atoms with Crippen LogP contribution in [0.2, 0.25) is 0 Å². The molecule has 0 spiro atoms. The minimum atomic E-state index is -7.86. The Hall–Kier alpha value is -4.68. The third-order valence-corrected chi connectivity index (χ3v) is 10.1. The van der Waals surface area contributed by atoms with Crippen molar-refractivity contribution >= 4 is 6.08 Å². The molecule has 5 nitrogen and oxygen atoms in total. The van der Waals surface area contributed by atoms with Crippen molar-refractivity contribution in [2.75, 3.05) is 46.2 Å². The molecule has 0 N–H and O–H groups in total. The van der Waals surface area contributed by atoms with Crippen LogP contribution in [0.1, 0.15) is 18.9 Å². The highest BCUT2D eigenvalue weighted by molar-refractivity contribution is 5.65. The molecule has 1 fully saturated rings. The highest BCUT2D eigenvalue weighted by Crippen LogP contribution is 2.60. The number of hydrogen-bond acceptors (Lipinski definition) is 5. The average molecular weight is 975 g/mol. The number of halogens is 20. The Labute approximate surface area is 355 Å². The van der Waals surface area contributed by atoms with Crippen LogP contribution < -0.4 is 14.2 Å². The number of rotatable bonds is 24. The summed E-state index contributed by atoms with van der Waals surface area (Å²) in [6, 6.07) is 11.1. The molecule has 0 aliphatic carbocycles. The van der Waals surface area contributed by atoms with E-state index in [0.717, 1.165) is 48.5 Å². The van der Waals surface area contributed by atoms with Crippen LogP contribution in [-0.4, -0.2) is 105 Å². The normalized spacial score (nSPS) is 15.9. The van der Waals surface area contributed by atoms with Crippen molar-refractivity contribution in [1.82, 2.24) is 0 Å². The van der Waals surface area contributed by atoms with Crippen LogP contribution in [0, 0.1) is 5.41 Å². The van der Waals surface area contributed by atoms with E-state index in [2.05, 4.69) is 25.5 Å². The van der Waals surface area contributed by atoms with E-state index < -0.39 is 115 Å². The highest BCUT2D eigenvalue weighted by Gasteiger charge is 2.90.